The zero-order valence-corrected chi connectivity index (χ0v) is 11.1. The summed E-state index contributed by atoms with van der Waals surface area (Å²) in [4.78, 5) is 17.4. The number of halogens is 1. The van der Waals surface area contributed by atoms with Gasteiger partial charge in [0.1, 0.15) is 11.6 Å². The number of pyridine rings is 1. The standard InChI is InChI=1S/C15H15FN2O2/c1-18(10-12-5-7-17-8-6-12)15(19)11-20-14-4-2-3-13(16)9-14/h2-9H,10-11H2,1H3. The van der Waals surface area contributed by atoms with E-state index >= 15 is 0 Å². The van der Waals surface area contributed by atoms with Crippen molar-refractivity contribution in [3.05, 3.63) is 60.2 Å². The molecular formula is C15H15FN2O2. The number of amides is 1. The maximum Gasteiger partial charge on any atom is 0.260 e. The first-order chi connectivity index (χ1) is 9.65. The highest BCUT2D eigenvalue weighted by atomic mass is 19.1. The first-order valence-corrected chi connectivity index (χ1v) is 6.16. The van der Waals surface area contributed by atoms with Crippen LogP contribution in [0.15, 0.2) is 48.8 Å². The molecule has 0 atom stereocenters. The molecule has 0 unspecified atom stereocenters. The highest BCUT2D eigenvalue weighted by Gasteiger charge is 2.10. The van der Waals surface area contributed by atoms with Crippen LogP contribution in [0, 0.1) is 5.82 Å². The zero-order chi connectivity index (χ0) is 14.4. The summed E-state index contributed by atoms with van der Waals surface area (Å²) >= 11 is 0. The number of likely N-dealkylation sites (N-methyl/N-ethyl adjacent to an activating group) is 1. The molecule has 0 spiro atoms. The summed E-state index contributed by atoms with van der Waals surface area (Å²) in [5.41, 5.74) is 0.988. The monoisotopic (exact) mass is 274 g/mol. The van der Waals surface area contributed by atoms with Crippen molar-refractivity contribution in [1.29, 1.82) is 0 Å². The van der Waals surface area contributed by atoms with Crippen molar-refractivity contribution in [3.8, 4) is 5.75 Å². The van der Waals surface area contributed by atoms with Crippen molar-refractivity contribution in [2.75, 3.05) is 13.7 Å². The van der Waals surface area contributed by atoms with Crippen LogP contribution >= 0.6 is 0 Å². The van der Waals surface area contributed by atoms with Gasteiger partial charge in [0.2, 0.25) is 0 Å². The minimum absolute atomic E-state index is 0.120. The third kappa shape index (κ3) is 4.05. The van der Waals surface area contributed by atoms with Crippen LogP contribution in [0.1, 0.15) is 5.56 Å². The maximum atomic E-state index is 13.0. The van der Waals surface area contributed by atoms with Crippen LogP contribution in [0.2, 0.25) is 0 Å². The van der Waals surface area contributed by atoms with Gasteiger partial charge >= 0.3 is 0 Å². The summed E-state index contributed by atoms with van der Waals surface area (Å²) in [6.45, 7) is 0.360. The molecule has 0 radical (unpaired) electrons. The number of aromatic nitrogens is 1. The van der Waals surface area contributed by atoms with Crippen LogP contribution < -0.4 is 4.74 Å². The second kappa shape index (κ2) is 6.65. The van der Waals surface area contributed by atoms with Crippen LogP contribution in [-0.4, -0.2) is 29.4 Å². The van der Waals surface area contributed by atoms with Gasteiger partial charge in [-0.1, -0.05) is 6.07 Å². The van der Waals surface area contributed by atoms with Gasteiger partial charge in [0.25, 0.3) is 5.91 Å². The molecule has 1 amide bonds. The minimum Gasteiger partial charge on any atom is -0.484 e. The van der Waals surface area contributed by atoms with Gasteiger partial charge in [-0.15, -0.1) is 0 Å². The van der Waals surface area contributed by atoms with Crippen LogP contribution in [-0.2, 0) is 11.3 Å². The fraction of sp³-hybridized carbons (Fsp3) is 0.200. The summed E-state index contributed by atoms with van der Waals surface area (Å²) < 4.78 is 18.2. The Labute approximate surface area is 116 Å². The lowest BCUT2D eigenvalue weighted by Gasteiger charge is -2.17. The molecule has 5 heteroatoms. The Morgan fingerprint density at radius 2 is 2.05 bits per heavy atom. The number of carbonyl (C=O) groups excluding carboxylic acids is 1. The molecule has 1 aromatic carbocycles. The lowest BCUT2D eigenvalue weighted by atomic mass is 10.2. The molecule has 2 aromatic rings. The molecule has 1 aromatic heterocycles. The van der Waals surface area contributed by atoms with Gasteiger partial charge in [-0.05, 0) is 29.8 Å². The number of nitrogens with zero attached hydrogens (tertiary/aromatic N) is 2. The summed E-state index contributed by atoms with van der Waals surface area (Å²) in [7, 11) is 1.69. The second-order valence-electron chi connectivity index (χ2n) is 4.35. The second-order valence-corrected chi connectivity index (χ2v) is 4.35. The number of hydrogen-bond donors (Lipinski definition) is 0. The molecule has 2 rings (SSSR count). The molecule has 0 N–H and O–H groups in total. The molecule has 4 nitrogen and oxygen atoms in total. The normalized spacial score (nSPS) is 10.1. The molecule has 20 heavy (non-hydrogen) atoms. The lowest BCUT2D eigenvalue weighted by Crippen LogP contribution is -2.30. The fourth-order valence-electron chi connectivity index (χ4n) is 1.66. The molecule has 0 saturated carbocycles. The van der Waals surface area contributed by atoms with Crippen LogP contribution in [0.3, 0.4) is 0 Å². The number of hydrogen-bond acceptors (Lipinski definition) is 3. The van der Waals surface area contributed by atoms with Crippen molar-refractivity contribution >= 4 is 5.91 Å². The first-order valence-electron chi connectivity index (χ1n) is 6.16. The van der Waals surface area contributed by atoms with E-state index in [0.717, 1.165) is 5.56 Å². The summed E-state index contributed by atoms with van der Waals surface area (Å²) in [6.07, 6.45) is 3.35. The first kappa shape index (κ1) is 14.0. The molecule has 0 fully saturated rings. The number of ether oxygens (including phenoxy) is 1. The van der Waals surface area contributed by atoms with Crippen LogP contribution in [0.5, 0.6) is 5.75 Å². The van der Waals surface area contributed by atoms with Crippen molar-refractivity contribution < 1.29 is 13.9 Å². The Morgan fingerprint density at radius 1 is 1.30 bits per heavy atom. The number of carbonyl (C=O) groups is 1. The van der Waals surface area contributed by atoms with Gasteiger partial charge < -0.3 is 9.64 Å². The van der Waals surface area contributed by atoms with E-state index in [2.05, 4.69) is 4.98 Å². The molecule has 1 heterocycles. The number of rotatable bonds is 5. The van der Waals surface area contributed by atoms with Crippen LogP contribution in [0.25, 0.3) is 0 Å². The minimum atomic E-state index is -0.389. The Balaban J connectivity index is 1.85. The molecule has 104 valence electrons. The smallest absolute Gasteiger partial charge is 0.260 e. The Kier molecular flexibility index (Phi) is 4.65. The zero-order valence-electron chi connectivity index (χ0n) is 11.1. The maximum absolute atomic E-state index is 13.0. The summed E-state index contributed by atoms with van der Waals surface area (Å²) in [5.74, 6) is -0.221. The van der Waals surface area contributed by atoms with E-state index in [1.54, 1.807) is 30.4 Å². The predicted molar refractivity (Wildman–Crippen MR) is 72.6 cm³/mol. The third-order valence-electron chi connectivity index (χ3n) is 2.75. The fourth-order valence-corrected chi connectivity index (χ4v) is 1.66. The highest BCUT2D eigenvalue weighted by molar-refractivity contribution is 5.77. The van der Waals surface area contributed by atoms with E-state index in [0.29, 0.717) is 12.3 Å². The third-order valence-corrected chi connectivity index (χ3v) is 2.75. The van der Waals surface area contributed by atoms with E-state index in [1.807, 2.05) is 12.1 Å². The largest absolute Gasteiger partial charge is 0.484 e. The Hall–Kier alpha value is -2.43. The predicted octanol–water partition coefficient (Wildman–Crippen LogP) is 2.26. The van der Waals surface area contributed by atoms with Gasteiger partial charge in [-0.3, -0.25) is 9.78 Å². The topological polar surface area (TPSA) is 42.4 Å². The van der Waals surface area contributed by atoms with E-state index in [1.165, 1.54) is 18.2 Å². The average molecular weight is 274 g/mol. The van der Waals surface area contributed by atoms with Crippen molar-refractivity contribution in [2.24, 2.45) is 0 Å². The van der Waals surface area contributed by atoms with Crippen molar-refractivity contribution in [3.63, 3.8) is 0 Å². The molecule has 0 aliphatic carbocycles. The van der Waals surface area contributed by atoms with E-state index in [-0.39, 0.29) is 18.3 Å². The molecular weight excluding hydrogens is 259 g/mol. The molecule has 0 saturated heterocycles. The van der Waals surface area contributed by atoms with E-state index in [4.69, 9.17) is 4.74 Å². The van der Waals surface area contributed by atoms with Crippen LogP contribution in [0.4, 0.5) is 4.39 Å². The van der Waals surface area contributed by atoms with Gasteiger partial charge in [0.15, 0.2) is 6.61 Å². The molecule has 0 aliphatic heterocycles. The van der Waals surface area contributed by atoms with Crippen molar-refractivity contribution in [2.45, 2.75) is 6.54 Å². The molecule has 0 bridgehead atoms. The number of benzene rings is 1. The lowest BCUT2D eigenvalue weighted by molar-refractivity contribution is -0.132. The van der Waals surface area contributed by atoms with E-state index in [9.17, 15) is 9.18 Å². The highest BCUT2D eigenvalue weighted by Crippen LogP contribution is 2.12. The Bertz CT molecular complexity index is 575. The quantitative estimate of drug-likeness (QED) is 0.840. The van der Waals surface area contributed by atoms with E-state index < -0.39 is 0 Å². The van der Waals surface area contributed by atoms with Gasteiger partial charge in [0.05, 0.1) is 0 Å². The summed E-state index contributed by atoms with van der Waals surface area (Å²) in [5, 5.41) is 0. The SMILES string of the molecule is CN(Cc1ccncc1)C(=O)COc1cccc(F)c1. The van der Waals surface area contributed by atoms with Gasteiger partial charge in [0, 0.05) is 32.1 Å². The Morgan fingerprint density at radius 3 is 2.75 bits per heavy atom. The molecule has 0 aliphatic rings. The van der Waals surface area contributed by atoms with Crippen molar-refractivity contribution in [1.82, 2.24) is 9.88 Å². The summed E-state index contributed by atoms with van der Waals surface area (Å²) in [6, 6.07) is 9.41. The average Bonchev–Trinajstić information content (AvgIpc) is 2.46. The van der Waals surface area contributed by atoms with Gasteiger partial charge in [-0.2, -0.15) is 0 Å². The van der Waals surface area contributed by atoms with Gasteiger partial charge in [-0.25, -0.2) is 4.39 Å².